The highest BCUT2D eigenvalue weighted by Crippen LogP contribution is 2.24. The van der Waals surface area contributed by atoms with Crippen LogP contribution in [0.5, 0.6) is 5.75 Å². The Bertz CT molecular complexity index is 634. The first-order valence-electron chi connectivity index (χ1n) is 6.57. The van der Waals surface area contributed by atoms with Crippen molar-refractivity contribution in [3.8, 4) is 5.75 Å². The number of benzene rings is 2. The Morgan fingerprint density at radius 2 is 1.71 bits per heavy atom. The summed E-state index contributed by atoms with van der Waals surface area (Å²) < 4.78 is 26.5. The van der Waals surface area contributed by atoms with E-state index in [2.05, 4.69) is 5.32 Å². The monoisotopic (exact) mass is 292 g/mol. The van der Waals surface area contributed by atoms with Crippen LogP contribution in [-0.4, -0.2) is 19.2 Å². The summed E-state index contributed by atoms with van der Waals surface area (Å²) in [5.74, 6) is -2.85. The van der Waals surface area contributed by atoms with Crippen LogP contribution >= 0.6 is 0 Å². The number of nitrogens with zero attached hydrogens (tertiary/aromatic N) is 1. The summed E-state index contributed by atoms with van der Waals surface area (Å²) in [5.41, 5.74) is 3.50. The molecule has 0 amide bonds. The minimum Gasteiger partial charge on any atom is -0.503 e. The lowest BCUT2D eigenvalue weighted by molar-refractivity contribution is 0.395. The van der Waals surface area contributed by atoms with Gasteiger partial charge in [0.05, 0.1) is 0 Å². The highest BCUT2D eigenvalue weighted by molar-refractivity contribution is 5.62. The van der Waals surface area contributed by atoms with Crippen molar-refractivity contribution in [3.63, 3.8) is 0 Å². The van der Waals surface area contributed by atoms with Gasteiger partial charge >= 0.3 is 0 Å². The maximum absolute atomic E-state index is 13.3. The van der Waals surface area contributed by atoms with Gasteiger partial charge in [0.25, 0.3) is 0 Å². The van der Waals surface area contributed by atoms with Crippen LogP contribution in [0.2, 0.25) is 0 Å². The summed E-state index contributed by atoms with van der Waals surface area (Å²) in [5, 5.41) is 12.2. The number of aryl methyl sites for hydroxylation is 1. The molecule has 0 fully saturated rings. The molecule has 3 nitrogen and oxygen atoms in total. The molecule has 0 saturated heterocycles. The van der Waals surface area contributed by atoms with E-state index in [1.165, 1.54) is 0 Å². The second-order valence-electron chi connectivity index (χ2n) is 5.16. The standard InChI is InChI=1S/C16H18F2N2O/c1-10-4-5-12(8-15(10)20(2)3)19-9-11-6-13(17)16(21)14(18)7-11/h4-8,19,21H,9H2,1-3H3. The first-order chi connectivity index (χ1) is 9.88. The maximum Gasteiger partial charge on any atom is 0.187 e. The fourth-order valence-electron chi connectivity index (χ4n) is 2.13. The molecule has 2 aromatic carbocycles. The molecule has 0 heterocycles. The van der Waals surface area contributed by atoms with Crippen molar-refractivity contribution in [2.45, 2.75) is 13.5 Å². The Labute approximate surface area is 122 Å². The topological polar surface area (TPSA) is 35.5 Å². The van der Waals surface area contributed by atoms with Gasteiger partial charge in [-0.25, -0.2) is 8.78 Å². The molecule has 112 valence electrons. The molecule has 2 rings (SSSR count). The van der Waals surface area contributed by atoms with Gasteiger partial charge in [0, 0.05) is 32.0 Å². The number of phenols is 1. The molecule has 0 saturated carbocycles. The molecule has 0 aliphatic rings. The van der Waals surface area contributed by atoms with Crippen molar-refractivity contribution < 1.29 is 13.9 Å². The van der Waals surface area contributed by atoms with Gasteiger partial charge in [-0.3, -0.25) is 0 Å². The van der Waals surface area contributed by atoms with Gasteiger partial charge in [-0.15, -0.1) is 0 Å². The van der Waals surface area contributed by atoms with Crippen molar-refractivity contribution >= 4 is 11.4 Å². The first-order valence-corrected chi connectivity index (χ1v) is 6.57. The minimum absolute atomic E-state index is 0.268. The van der Waals surface area contributed by atoms with Crippen LogP contribution in [-0.2, 0) is 6.54 Å². The molecular weight excluding hydrogens is 274 g/mol. The van der Waals surface area contributed by atoms with E-state index < -0.39 is 17.4 Å². The average Bonchev–Trinajstić information content (AvgIpc) is 2.43. The average molecular weight is 292 g/mol. The predicted octanol–water partition coefficient (Wildman–Crippen LogP) is 3.66. The van der Waals surface area contributed by atoms with Crippen LogP contribution in [0.15, 0.2) is 30.3 Å². The Kier molecular flexibility index (Phi) is 4.31. The fourth-order valence-corrected chi connectivity index (χ4v) is 2.13. The molecule has 0 unspecified atom stereocenters. The molecule has 0 bridgehead atoms. The second kappa shape index (κ2) is 5.99. The van der Waals surface area contributed by atoms with E-state index in [1.807, 2.05) is 44.1 Å². The maximum atomic E-state index is 13.3. The van der Waals surface area contributed by atoms with E-state index in [0.717, 1.165) is 29.1 Å². The van der Waals surface area contributed by atoms with Gasteiger partial charge in [0.2, 0.25) is 0 Å². The van der Waals surface area contributed by atoms with Crippen LogP contribution in [0.1, 0.15) is 11.1 Å². The molecule has 0 radical (unpaired) electrons. The van der Waals surface area contributed by atoms with Gasteiger partial charge in [0.15, 0.2) is 17.4 Å². The molecule has 0 spiro atoms. The molecule has 5 heteroatoms. The SMILES string of the molecule is Cc1ccc(NCc2cc(F)c(O)c(F)c2)cc1N(C)C. The molecule has 0 atom stereocenters. The summed E-state index contributed by atoms with van der Waals surface area (Å²) >= 11 is 0. The van der Waals surface area contributed by atoms with Gasteiger partial charge in [0.1, 0.15) is 0 Å². The normalized spacial score (nSPS) is 10.5. The summed E-state index contributed by atoms with van der Waals surface area (Å²) in [6.07, 6.45) is 0. The molecule has 0 aromatic heterocycles. The van der Waals surface area contributed by atoms with Crippen LogP contribution in [0, 0.1) is 18.6 Å². The summed E-state index contributed by atoms with van der Waals surface area (Å²) in [7, 11) is 3.91. The van der Waals surface area contributed by atoms with Crippen LogP contribution < -0.4 is 10.2 Å². The van der Waals surface area contributed by atoms with Crippen LogP contribution in [0.4, 0.5) is 20.2 Å². The van der Waals surface area contributed by atoms with E-state index in [9.17, 15) is 8.78 Å². The predicted molar refractivity (Wildman–Crippen MR) is 80.9 cm³/mol. The highest BCUT2D eigenvalue weighted by Gasteiger charge is 2.09. The zero-order chi connectivity index (χ0) is 15.6. The number of rotatable bonds is 4. The number of nitrogens with one attached hydrogen (secondary N) is 1. The number of aromatic hydroxyl groups is 1. The van der Waals surface area contributed by atoms with Gasteiger partial charge < -0.3 is 15.3 Å². The summed E-state index contributed by atoms with van der Waals surface area (Å²) in [6, 6.07) is 8.10. The van der Waals surface area contributed by atoms with Crippen LogP contribution in [0.3, 0.4) is 0 Å². The number of hydrogen-bond donors (Lipinski definition) is 2. The van der Waals surface area contributed by atoms with Crippen molar-refractivity contribution in [1.29, 1.82) is 0 Å². The third-order valence-electron chi connectivity index (χ3n) is 3.26. The Morgan fingerprint density at radius 1 is 1.10 bits per heavy atom. The van der Waals surface area contributed by atoms with Gasteiger partial charge in [-0.05, 0) is 42.3 Å². The fraction of sp³-hybridized carbons (Fsp3) is 0.250. The Balaban J connectivity index is 2.15. The lowest BCUT2D eigenvalue weighted by atomic mass is 10.1. The lowest BCUT2D eigenvalue weighted by Crippen LogP contribution is -2.11. The van der Waals surface area contributed by atoms with Crippen molar-refractivity contribution in [1.82, 2.24) is 0 Å². The van der Waals surface area contributed by atoms with E-state index in [0.29, 0.717) is 5.56 Å². The second-order valence-corrected chi connectivity index (χ2v) is 5.16. The number of hydrogen-bond acceptors (Lipinski definition) is 3. The minimum atomic E-state index is -0.954. The molecule has 2 aromatic rings. The van der Waals surface area contributed by atoms with Gasteiger partial charge in [-0.2, -0.15) is 0 Å². The zero-order valence-electron chi connectivity index (χ0n) is 12.2. The van der Waals surface area contributed by atoms with Crippen molar-refractivity contribution in [2.24, 2.45) is 0 Å². The molecule has 0 aliphatic carbocycles. The molecule has 21 heavy (non-hydrogen) atoms. The van der Waals surface area contributed by atoms with E-state index in [-0.39, 0.29) is 6.54 Å². The van der Waals surface area contributed by atoms with E-state index in [1.54, 1.807) is 0 Å². The largest absolute Gasteiger partial charge is 0.503 e. The number of halogens is 2. The van der Waals surface area contributed by atoms with E-state index >= 15 is 0 Å². The highest BCUT2D eigenvalue weighted by atomic mass is 19.1. The quantitative estimate of drug-likeness (QED) is 0.902. The number of phenolic OH excluding ortho intramolecular Hbond substituents is 1. The first kappa shape index (κ1) is 15.1. The Hall–Kier alpha value is -2.30. The number of anilines is 2. The summed E-state index contributed by atoms with van der Waals surface area (Å²) in [6.45, 7) is 2.29. The Morgan fingerprint density at radius 3 is 2.29 bits per heavy atom. The molecular formula is C16H18F2N2O. The van der Waals surface area contributed by atoms with Crippen molar-refractivity contribution in [2.75, 3.05) is 24.3 Å². The van der Waals surface area contributed by atoms with Crippen molar-refractivity contribution in [3.05, 3.63) is 53.1 Å². The van der Waals surface area contributed by atoms with Gasteiger partial charge in [-0.1, -0.05) is 6.07 Å². The lowest BCUT2D eigenvalue weighted by Gasteiger charge is -2.17. The van der Waals surface area contributed by atoms with Crippen LogP contribution in [0.25, 0.3) is 0 Å². The third-order valence-corrected chi connectivity index (χ3v) is 3.26. The smallest absolute Gasteiger partial charge is 0.187 e. The van der Waals surface area contributed by atoms with E-state index in [4.69, 9.17) is 5.11 Å². The molecule has 2 N–H and O–H groups in total. The molecule has 0 aliphatic heterocycles. The zero-order valence-corrected chi connectivity index (χ0v) is 12.2. The summed E-state index contributed by atoms with van der Waals surface area (Å²) in [4.78, 5) is 2.00. The third kappa shape index (κ3) is 3.42.